The Bertz CT molecular complexity index is 779. The van der Waals surface area contributed by atoms with E-state index in [4.69, 9.17) is 0 Å². The lowest BCUT2D eigenvalue weighted by atomic mass is 9.95. The monoisotopic (exact) mass is 355 g/mol. The van der Waals surface area contributed by atoms with Crippen LogP contribution in [-0.4, -0.2) is 20.0 Å². The lowest BCUT2D eigenvalue weighted by Crippen LogP contribution is -2.38. The SMILES string of the molecule is CN(C)c1ccc(C2NC(=O)c3c(sc4c3CCCCCC4)N2)cc1. The van der Waals surface area contributed by atoms with Gasteiger partial charge in [-0.15, -0.1) is 11.3 Å². The standard InChI is InChI=1S/C20H25N3OS/c1-23(2)14-11-9-13(10-12-14)18-21-19(24)17-15-7-5-3-4-6-8-16(15)25-20(17)22-18/h9-12,18,22H,3-8H2,1-2H3,(H,21,24). The maximum Gasteiger partial charge on any atom is 0.256 e. The first kappa shape index (κ1) is 16.5. The van der Waals surface area contributed by atoms with E-state index in [9.17, 15) is 4.79 Å². The van der Waals surface area contributed by atoms with Crippen LogP contribution in [0.1, 0.15) is 58.2 Å². The van der Waals surface area contributed by atoms with E-state index in [1.165, 1.54) is 36.1 Å². The van der Waals surface area contributed by atoms with Gasteiger partial charge in [-0.05, 0) is 48.9 Å². The molecule has 25 heavy (non-hydrogen) atoms. The molecule has 0 saturated heterocycles. The molecule has 1 aromatic heterocycles. The van der Waals surface area contributed by atoms with E-state index in [0.29, 0.717) is 0 Å². The van der Waals surface area contributed by atoms with Crippen LogP contribution in [0, 0.1) is 0 Å². The molecule has 1 aliphatic carbocycles. The van der Waals surface area contributed by atoms with Crippen molar-refractivity contribution < 1.29 is 4.79 Å². The number of rotatable bonds is 2. The molecule has 132 valence electrons. The number of thiophene rings is 1. The van der Waals surface area contributed by atoms with Crippen molar-refractivity contribution in [3.05, 3.63) is 45.8 Å². The largest absolute Gasteiger partial charge is 0.378 e. The Hall–Kier alpha value is -2.01. The Morgan fingerprint density at radius 1 is 1.00 bits per heavy atom. The van der Waals surface area contributed by atoms with Crippen LogP contribution in [-0.2, 0) is 12.8 Å². The van der Waals surface area contributed by atoms with Gasteiger partial charge < -0.3 is 15.5 Å². The van der Waals surface area contributed by atoms with E-state index in [0.717, 1.165) is 34.7 Å². The number of nitrogens with one attached hydrogen (secondary N) is 2. The zero-order valence-corrected chi connectivity index (χ0v) is 15.7. The van der Waals surface area contributed by atoms with E-state index < -0.39 is 0 Å². The van der Waals surface area contributed by atoms with Gasteiger partial charge >= 0.3 is 0 Å². The number of aryl methyl sites for hydroxylation is 1. The van der Waals surface area contributed by atoms with Crippen molar-refractivity contribution in [1.29, 1.82) is 0 Å². The summed E-state index contributed by atoms with van der Waals surface area (Å²) in [7, 11) is 4.06. The van der Waals surface area contributed by atoms with Crippen molar-refractivity contribution in [3.8, 4) is 0 Å². The molecule has 1 aliphatic heterocycles. The topological polar surface area (TPSA) is 44.4 Å². The first-order valence-corrected chi connectivity index (χ1v) is 9.94. The van der Waals surface area contributed by atoms with Gasteiger partial charge in [0.15, 0.2) is 0 Å². The van der Waals surface area contributed by atoms with Gasteiger partial charge in [0.25, 0.3) is 5.91 Å². The molecule has 1 unspecified atom stereocenters. The second kappa shape index (κ2) is 6.71. The maximum atomic E-state index is 12.8. The number of carbonyl (C=O) groups is 1. The number of fused-ring (bicyclic) bond motifs is 3. The molecule has 0 spiro atoms. The summed E-state index contributed by atoms with van der Waals surface area (Å²) in [6.45, 7) is 0. The van der Waals surface area contributed by atoms with Crippen molar-refractivity contribution >= 4 is 27.9 Å². The Balaban J connectivity index is 1.63. The van der Waals surface area contributed by atoms with Crippen LogP contribution in [0.2, 0.25) is 0 Å². The van der Waals surface area contributed by atoms with Crippen molar-refractivity contribution in [2.24, 2.45) is 0 Å². The van der Waals surface area contributed by atoms with E-state index in [1.54, 1.807) is 11.3 Å². The summed E-state index contributed by atoms with van der Waals surface area (Å²) in [6.07, 6.45) is 7.02. The second-order valence-electron chi connectivity index (χ2n) is 7.16. The van der Waals surface area contributed by atoms with Crippen molar-refractivity contribution in [2.75, 3.05) is 24.3 Å². The highest BCUT2D eigenvalue weighted by atomic mass is 32.1. The fraction of sp³-hybridized carbons (Fsp3) is 0.450. The number of amides is 1. The first-order valence-electron chi connectivity index (χ1n) is 9.12. The van der Waals surface area contributed by atoms with Gasteiger partial charge in [0, 0.05) is 24.7 Å². The van der Waals surface area contributed by atoms with Crippen LogP contribution in [0.25, 0.3) is 0 Å². The Morgan fingerprint density at radius 2 is 1.72 bits per heavy atom. The molecule has 2 N–H and O–H groups in total. The molecule has 2 aromatic rings. The normalized spacial score (nSPS) is 19.8. The van der Waals surface area contributed by atoms with Gasteiger partial charge in [-0.2, -0.15) is 0 Å². The molecule has 2 heterocycles. The predicted octanol–water partition coefficient (Wildman–Crippen LogP) is 4.33. The lowest BCUT2D eigenvalue weighted by molar-refractivity contribution is 0.0935. The fourth-order valence-corrected chi connectivity index (χ4v) is 5.08. The minimum atomic E-state index is -0.152. The molecule has 0 saturated carbocycles. The molecule has 1 atom stereocenters. The lowest BCUT2D eigenvalue weighted by Gasteiger charge is -2.27. The highest BCUT2D eigenvalue weighted by Crippen LogP contribution is 2.40. The highest BCUT2D eigenvalue weighted by Gasteiger charge is 2.31. The van der Waals surface area contributed by atoms with Crippen LogP contribution < -0.4 is 15.5 Å². The van der Waals surface area contributed by atoms with E-state index in [-0.39, 0.29) is 12.1 Å². The summed E-state index contributed by atoms with van der Waals surface area (Å²) >= 11 is 1.79. The summed E-state index contributed by atoms with van der Waals surface area (Å²) in [5.41, 5.74) is 4.45. The van der Waals surface area contributed by atoms with Crippen LogP contribution >= 0.6 is 11.3 Å². The van der Waals surface area contributed by atoms with E-state index >= 15 is 0 Å². The number of nitrogens with zero attached hydrogens (tertiary/aromatic N) is 1. The molecule has 5 heteroatoms. The molecule has 1 aromatic carbocycles. The predicted molar refractivity (Wildman–Crippen MR) is 105 cm³/mol. The highest BCUT2D eigenvalue weighted by molar-refractivity contribution is 7.16. The number of anilines is 2. The van der Waals surface area contributed by atoms with E-state index in [1.807, 2.05) is 14.1 Å². The van der Waals surface area contributed by atoms with Crippen LogP contribution in [0.15, 0.2) is 24.3 Å². The summed E-state index contributed by atoms with van der Waals surface area (Å²) in [5, 5.41) is 7.77. The molecule has 4 rings (SSSR count). The van der Waals surface area contributed by atoms with Gasteiger partial charge in [-0.25, -0.2) is 0 Å². The van der Waals surface area contributed by atoms with Gasteiger partial charge in [-0.3, -0.25) is 4.79 Å². The summed E-state index contributed by atoms with van der Waals surface area (Å²) in [4.78, 5) is 16.3. The average molecular weight is 356 g/mol. The third kappa shape index (κ3) is 3.13. The first-order chi connectivity index (χ1) is 12.1. The fourth-order valence-electron chi connectivity index (χ4n) is 3.76. The zero-order valence-electron chi connectivity index (χ0n) is 14.9. The van der Waals surface area contributed by atoms with Gasteiger partial charge in [0.2, 0.25) is 0 Å². The molecule has 2 aliphatic rings. The van der Waals surface area contributed by atoms with Gasteiger partial charge in [0.1, 0.15) is 11.2 Å². The molecule has 0 fully saturated rings. The van der Waals surface area contributed by atoms with Crippen molar-refractivity contribution in [3.63, 3.8) is 0 Å². The number of carbonyl (C=O) groups excluding carboxylic acids is 1. The van der Waals surface area contributed by atoms with Crippen LogP contribution in [0.3, 0.4) is 0 Å². The molecule has 1 amide bonds. The van der Waals surface area contributed by atoms with Gasteiger partial charge in [0.05, 0.1) is 5.56 Å². The van der Waals surface area contributed by atoms with Gasteiger partial charge in [-0.1, -0.05) is 25.0 Å². The molecule has 0 radical (unpaired) electrons. The van der Waals surface area contributed by atoms with E-state index in [2.05, 4.69) is 39.8 Å². The smallest absolute Gasteiger partial charge is 0.256 e. The second-order valence-corrected chi connectivity index (χ2v) is 8.26. The molecule has 0 bridgehead atoms. The quantitative estimate of drug-likeness (QED) is 0.843. The minimum absolute atomic E-state index is 0.0773. The minimum Gasteiger partial charge on any atom is -0.378 e. The zero-order chi connectivity index (χ0) is 17.4. The number of benzene rings is 1. The Kier molecular flexibility index (Phi) is 4.42. The Morgan fingerprint density at radius 3 is 2.44 bits per heavy atom. The maximum absolute atomic E-state index is 12.8. The Labute approximate surface area is 153 Å². The number of hydrogen-bond donors (Lipinski definition) is 2. The molecular weight excluding hydrogens is 330 g/mol. The summed E-state index contributed by atoms with van der Waals surface area (Å²) in [5.74, 6) is 0.0773. The molecular formula is C20H25N3OS. The third-order valence-electron chi connectivity index (χ3n) is 5.19. The summed E-state index contributed by atoms with van der Waals surface area (Å²) < 4.78 is 0. The summed E-state index contributed by atoms with van der Waals surface area (Å²) in [6, 6.07) is 8.35. The van der Waals surface area contributed by atoms with Crippen molar-refractivity contribution in [2.45, 2.75) is 44.7 Å². The van der Waals surface area contributed by atoms with Crippen molar-refractivity contribution in [1.82, 2.24) is 5.32 Å². The van der Waals surface area contributed by atoms with Crippen LogP contribution in [0.5, 0.6) is 0 Å². The average Bonchev–Trinajstić information content (AvgIpc) is 2.92. The molecule has 4 nitrogen and oxygen atoms in total. The van der Waals surface area contributed by atoms with Crippen LogP contribution in [0.4, 0.5) is 10.7 Å². The number of hydrogen-bond acceptors (Lipinski definition) is 4. The third-order valence-corrected chi connectivity index (χ3v) is 6.42.